The summed E-state index contributed by atoms with van der Waals surface area (Å²) < 4.78 is 6.32. The van der Waals surface area contributed by atoms with E-state index in [0.717, 1.165) is 10.9 Å². The Morgan fingerprint density at radius 3 is 2.81 bits per heavy atom. The average Bonchev–Trinajstić information content (AvgIpc) is 3.10. The molecule has 144 valence electrons. The Labute approximate surface area is 155 Å². The van der Waals surface area contributed by atoms with Crippen molar-refractivity contribution in [2.75, 3.05) is 25.1 Å². The first kappa shape index (κ1) is 20.0. The second-order valence-corrected chi connectivity index (χ2v) is 5.54. The van der Waals surface area contributed by atoms with E-state index in [1.165, 1.54) is 0 Å². The van der Waals surface area contributed by atoms with Gasteiger partial charge in [0.2, 0.25) is 5.91 Å². The summed E-state index contributed by atoms with van der Waals surface area (Å²) in [6, 6.07) is 6.50. The molecule has 2 amide bonds. The summed E-state index contributed by atoms with van der Waals surface area (Å²) in [5, 5.41) is 21.2. The molecule has 0 spiro atoms. The maximum absolute atomic E-state index is 12.1. The maximum Gasteiger partial charge on any atom is 0.358 e. The Bertz CT molecular complexity index is 805. The number of carbonyl (C=O) groups is 3. The van der Waals surface area contributed by atoms with Gasteiger partial charge in [-0.05, 0) is 31.5 Å². The van der Waals surface area contributed by atoms with Crippen LogP contribution in [0.5, 0.6) is 0 Å². The van der Waals surface area contributed by atoms with Crippen LogP contribution in [0, 0.1) is 0 Å². The molecule has 27 heavy (non-hydrogen) atoms. The van der Waals surface area contributed by atoms with E-state index in [-0.39, 0.29) is 18.1 Å². The summed E-state index contributed by atoms with van der Waals surface area (Å²) in [7, 11) is 0. The standard InChI is InChI=1S/C17H21N5O5/c1-2-27-8-4-7-18-16(24)12-5-3-6-13(9-12)19-15(23)11-22-10-14(17(25)26)20-21-22/h3,5-6,9-10H,2,4,7-8,11H2,1H3,(H,18,24)(H,19,23)(H,25,26). The van der Waals surface area contributed by atoms with Crippen LogP contribution in [0.3, 0.4) is 0 Å². The van der Waals surface area contributed by atoms with Gasteiger partial charge >= 0.3 is 5.97 Å². The fourth-order valence-electron chi connectivity index (χ4n) is 2.18. The van der Waals surface area contributed by atoms with Gasteiger partial charge in [-0.2, -0.15) is 0 Å². The Hall–Kier alpha value is -3.27. The highest BCUT2D eigenvalue weighted by molar-refractivity contribution is 5.97. The van der Waals surface area contributed by atoms with E-state index in [2.05, 4.69) is 20.9 Å². The number of aromatic nitrogens is 3. The van der Waals surface area contributed by atoms with Crippen molar-refractivity contribution in [3.05, 3.63) is 41.7 Å². The van der Waals surface area contributed by atoms with Crippen LogP contribution in [0.4, 0.5) is 5.69 Å². The summed E-state index contributed by atoms with van der Waals surface area (Å²) in [6.45, 7) is 3.43. The monoisotopic (exact) mass is 375 g/mol. The van der Waals surface area contributed by atoms with Gasteiger partial charge in [-0.3, -0.25) is 9.59 Å². The van der Waals surface area contributed by atoms with Crippen molar-refractivity contribution in [2.45, 2.75) is 19.9 Å². The highest BCUT2D eigenvalue weighted by Gasteiger charge is 2.12. The van der Waals surface area contributed by atoms with Crippen molar-refractivity contribution in [3.63, 3.8) is 0 Å². The SMILES string of the molecule is CCOCCCNC(=O)c1cccc(NC(=O)Cn2cc(C(=O)O)nn2)c1. The molecule has 0 aliphatic rings. The summed E-state index contributed by atoms with van der Waals surface area (Å²) in [5.74, 6) is -1.89. The molecule has 0 fully saturated rings. The Balaban J connectivity index is 1.87. The zero-order chi connectivity index (χ0) is 19.6. The summed E-state index contributed by atoms with van der Waals surface area (Å²) in [4.78, 5) is 34.9. The van der Waals surface area contributed by atoms with E-state index in [0.29, 0.717) is 37.4 Å². The maximum atomic E-state index is 12.1. The second-order valence-electron chi connectivity index (χ2n) is 5.54. The van der Waals surface area contributed by atoms with Crippen molar-refractivity contribution in [3.8, 4) is 0 Å². The van der Waals surface area contributed by atoms with Crippen LogP contribution in [-0.2, 0) is 16.1 Å². The van der Waals surface area contributed by atoms with Gasteiger partial charge in [0.1, 0.15) is 6.54 Å². The highest BCUT2D eigenvalue weighted by Crippen LogP contribution is 2.11. The number of amides is 2. The molecule has 0 atom stereocenters. The van der Waals surface area contributed by atoms with Crippen molar-refractivity contribution in [1.82, 2.24) is 20.3 Å². The van der Waals surface area contributed by atoms with Crippen LogP contribution in [0.25, 0.3) is 0 Å². The largest absolute Gasteiger partial charge is 0.476 e. The van der Waals surface area contributed by atoms with Crippen LogP contribution in [0.1, 0.15) is 34.2 Å². The normalized spacial score (nSPS) is 10.4. The van der Waals surface area contributed by atoms with E-state index < -0.39 is 11.9 Å². The molecule has 0 aliphatic carbocycles. The molecule has 0 radical (unpaired) electrons. The Kier molecular flexibility index (Phi) is 7.44. The van der Waals surface area contributed by atoms with Crippen LogP contribution in [0.15, 0.2) is 30.5 Å². The number of ether oxygens (including phenoxy) is 1. The number of hydrogen-bond donors (Lipinski definition) is 3. The number of rotatable bonds is 10. The lowest BCUT2D eigenvalue weighted by molar-refractivity contribution is -0.116. The fraction of sp³-hybridized carbons (Fsp3) is 0.353. The fourth-order valence-corrected chi connectivity index (χ4v) is 2.18. The third kappa shape index (κ3) is 6.51. The van der Waals surface area contributed by atoms with Crippen molar-refractivity contribution in [1.29, 1.82) is 0 Å². The summed E-state index contributed by atoms with van der Waals surface area (Å²) >= 11 is 0. The van der Waals surface area contributed by atoms with Gasteiger partial charge in [0.25, 0.3) is 5.91 Å². The first-order valence-electron chi connectivity index (χ1n) is 8.39. The Morgan fingerprint density at radius 2 is 2.11 bits per heavy atom. The number of nitrogens with one attached hydrogen (secondary N) is 2. The quantitative estimate of drug-likeness (QED) is 0.522. The smallest absolute Gasteiger partial charge is 0.358 e. The lowest BCUT2D eigenvalue weighted by atomic mass is 10.2. The number of carboxylic acid groups (broad SMARTS) is 1. The molecule has 2 rings (SSSR count). The molecule has 0 saturated carbocycles. The van der Waals surface area contributed by atoms with Gasteiger partial charge in [0, 0.05) is 31.0 Å². The van der Waals surface area contributed by atoms with E-state index >= 15 is 0 Å². The average molecular weight is 375 g/mol. The zero-order valence-corrected chi connectivity index (χ0v) is 14.8. The minimum Gasteiger partial charge on any atom is -0.476 e. The van der Waals surface area contributed by atoms with Gasteiger partial charge in [-0.15, -0.1) is 5.10 Å². The number of benzene rings is 1. The van der Waals surface area contributed by atoms with Crippen molar-refractivity contribution < 1.29 is 24.2 Å². The third-order valence-electron chi connectivity index (χ3n) is 3.43. The molecular formula is C17H21N5O5. The lowest BCUT2D eigenvalue weighted by Gasteiger charge is -2.08. The van der Waals surface area contributed by atoms with Gasteiger partial charge < -0.3 is 20.5 Å². The minimum absolute atomic E-state index is 0.200. The zero-order valence-electron chi connectivity index (χ0n) is 14.8. The van der Waals surface area contributed by atoms with Crippen LogP contribution < -0.4 is 10.6 Å². The first-order valence-corrected chi connectivity index (χ1v) is 8.39. The van der Waals surface area contributed by atoms with E-state index in [1.807, 2.05) is 6.92 Å². The topological polar surface area (TPSA) is 135 Å². The van der Waals surface area contributed by atoms with E-state index in [9.17, 15) is 14.4 Å². The van der Waals surface area contributed by atoms with Crippen LogP contribution in [0.2, 0.25) is 0 Å². The van der Waals surface area contributed by atoms with E-state index in [1.54, 1.807) is 24.3 Å². The molecule has 0 unspecified atom stereocenters. The number of carboxylic acids is 1. The molecule has 0 aliphatic heterocycles. The molecule has 2 aromatic rings. The van der Waals surface area contributed by atoms with Gasteiger partial charge in [0.15, 0.2) is 5.69 Å². The van der Waals surface area contributed by atoms with Gasteiger partial charge in [0.05, 0.1) is 6.20 Å². The number of carbonyl (C=O) groups excluding carboxylic acids is 2. The highest BCUT2D eigenvalue weighted by atomic mass is 16.5. The molecule has 1 heterocycles. The van der Waals surface area contributed by atoms with Crippen LogP contribution >= 0.6 is 0 Å². The lowest BCUT2D eigenvalue weighted by Crippen LogP contribution is -2.25. The third-order valence-corrected chi connectivity index (χ3v) is 3.43. The molecule has 1 aromatic heterocycles. The molecular weight excluding hydrogens is 354 g/mol. The molecule has 1 aromatic carbocycles. The predicted molar refractivity (Wildman–Crippen MR) is 95.5 cm³/mol. The second kappa shape index (κ2) is 10.0. The predicted octanol–water partition coefficient (Wildman–Crippen LogP) is 0.771. The summed E-state index contributed by atoms with van der Waals surface area (Å²) in [6.07, 6.45) is 1.88. The number of aromatic carboxylic acids is 1. The molecule has 10 heteroatoms. The Morgan fingerprint density at radius 1 is 1.30 bits per heavy atom. The molecule has 0 saturated heterocycles. The van der Waals surface area contributed by atoms with Gasteiger partial charge in [-0.25, -0.2) is 9.48 Å². The minimum atomic E-state index is -1.22. The van der Waals surface area contributed by atoms with E-state index in [4.69, 9.17) is 9.84 Å². The van der Waals surface area contributed by atoms with Gasteiger partial charge in [-0.1, -0.05) is 11.3 Å². The van der Waals surface area contributed by atoms with Crippen molar-refractivity contribution >= 4 is 23.5 Å². The number of nitrogens with zero attached hydrogens (tertiary/aromatic N) is 3. The van der Waals surface area contributed by atoms with Crippen molar-refractivity contribution in [2.24, 2.45) is 0 Å². The summed E-state index contributed by atoms with van der Waals surface area (Å²) in [5.41, 5.74) is 0.615. The molecule has 3 N–H and O–H groups in total. The molecule has 10 nitrogen and oxygen atoms in total. The first-order chi connectivity index (χ1) is 13.0. The number of hydrogen-bond acceptors (Lipinski definition) is 6. The number of anilines is 1. The van der Waals surface area contributed by atoms with Crippen LogP contribution in [-0.4, -0.2) is 57.6 Å². The molecule has 0 bridgehead atoms.